The first kappa shape index (κ1) is 16.5. The van der Waals surface area contributed by atoms with Crippen LogP contribution in [0.3, 0.4) is 0 Å². The summed E-state index contributed by atoms with van der Waals surface area (Å²) in [5, 5.41) is 2.83. The third kappa shape index (κ3) is 5.63. The van der Waals surface area contributed by atoms with Gasteiger partial charge >= 0.3 is 0 Å². The van der Waals surface area contributed by atoms with Crippen molar-refractivity contribution in [1.82, 2.24) is 0 Å². The number of nitrogens with one attached hydrogen (secondary N) is 1. The number of para-hydroxylation sites is 1. The maximum absolute atomic E-state index is 11.9. The Morgan fingerprint density at radius 3 is 2.70 bits per heavy atom. The highest BCUT2D eigenvalue weighted by molar-refractivity contribution is 7.99. The zero-order valence-corrected chi connectivity index (χ0v) is 12.4. The fourth-order valence-electron chi connectivity index (χ4n) is 1.62. The highest BCUT2D eigenvalue weighted by Crippen LogP contribution is 2.27. The van der Waals surface area contributed by atoms with E-state index in [2.05, 4.69) is 5.32 Å². The van der Waals surface area contributed by atoms with Gasteiger partial charge in [0, 0.05) is 17.1 Å². The fraction of sp³-hybridized carbons (Fsp3) is 0.429. The molecule has 0 spiro atoms. The van der Waals surface area contributed by atoms with Crippen molar-refractivity contribution in [2.24, 2.45) is 11.5 Å². The average molecular weight is 295 g/mol. The van der Waals surface area contributed by atoms with Gasteiger partial charge in [-0.25, -0.2) is 0 Å². The smallest absolute Gasteiger partial charge is 0.241 e. The summed E-state index contributed by atoms with van der Waals surface area (Å²) in [6.45, 7) is 1.99. The van der Waals surface area contributed by atoms with E-state index in [1.165, 1.54) is 11.8 Å². The number of hydrogen-bond acceptors (Lipinski definition) is 4. The first-order chi connectivity index (χ1) is 9.54. The van der Waals surface area contributed by atoms with Crippen molar-refractivity contribution >= 4 is 29.3 Å². The van der Waals surface area contributed by atoms with Crippen molar-refractivity contribution in [3.63, 3.8) is 0 Å². The Hall–Kier alpha value is -1.53. The van der Waals surface area contributed by atoms with Crippen LogP contribution >= 0.6 is 11.8 Å². The molecule has 1 unspecified atom stereocenters. The minimum atomic E-state index is -0.497. The first-order valence-electron chi connectivity index (χ1n) is 6.61. The van der Waals surface area contributed by atoms with Gasteiger partial charge in [-0.3, -0.25) is 9.59 Å². The Kier molecular flexibility index (Phi) is 7.11. The molecule has 0 aliphatic heterocycles. The van der Waals surface area contributed by atoms with Crippen LogP contribution in [0.2, 0.25) is 0 Å². The minimum Gasteiger partial charge on any atom is -0.370 e. The standard InChI is InChI=1S/C14H21N3O2S/c1-2-5-10(15)14(19)17-11-6-3-4-7-12(11)20-9-8-13(16)18/h3-4,6-7,10H,2,5,8-9,15H2,1H3,(H2,16,18)(H,17,19). The lowest BCUT2D eigenvalue weighted by Gasteiger charge is -2.14. The van der Waals surface area contributed by atoms with Crippen molar-refractivity contribution in [3.8, 4) is 0 Å². The van der Waals surface area contributed by atoms with Gasteiger partial charge in [-0.15, -0.1) is 11.8 Å². The third-order valence-electron chi connectivity index (χ3n) is 2.69. The maximum Gasteiger partial charge on any atom is 0.241 e. The summed E-state index contributed by atoms with van der Waals surface area (Å²) < 4.78 is 0. The molecule has 0 radical (unpaired) electrons. The van der Waals surface area contributed by atoms with E-state index in [0.29, 0.717) is 18.6 Å². The lowest BCUT2D eigenvalue weighted by molar-refractivity contribution is -0.118. The van der Waals surface area contributed by atoms with E-state index < -0.39 is 6.04 Å². The molecular weight excluding hydrogens is 274 g/mol. The van der Waals surface area contributed by atoms with Crippen molar-refractivity contribution in [1.29, 1.82) is 0 Å². The Balaban J connectivity index is 2.65. The van der Waals surface area contributed by atoms with E-state index in [1.54, 1.807) is 0 Å². The zero-order valence-electron chi connectivity index (χ0n) is 11.6. The maximum atomic E-state index is 11.9. The lowest BCUT2D eigenvalue weighted by atomic mass is 10.1. The second-order valence-electron chi connectivity index (χ2n) is 4.45. The fourth-order valence-corrected chi connectivity index (χ4v) is 2.60. The molecule has 0 aliphatic carbocycles. The van der Waals surface area contributed by atoms with Gasteiger partial charge in [-0.05, 0) is 18.6 Å². The van der Waals surface area contributed by atoms with Gasteiger partial charge in [0.25, 0.3) is 0 Å². The topological polar surface area (TPSA) is 98.2 Å². The number of hydrogen-bond donors (Lipinski definition) is 3. The molecule has 0 saturated heterocycles. The normalized spacial score (nSPS) is 11.9. The van der Waals surface area contributed by atoms with Crippen LogP contribution in [0.25, 0.3) is 0 Å². The molecule has 5 N–H and O–H groups in total. The molecule has 1 rings (SSSR count). The molecule has 0 aliphatic rings. The number of nitrogens with two attached hydrogens (primary N) is 2. The molecule has 110 valence electrons. The molecule has 1 atom stereocenters. The van der Waals surface area contributed by atoms with E-state index in [9.17, 15) is 9.59 Å². The molecule has 0 saturated carbocycles. The molecule has 0 bridgehead atoms. The van der Waals surface area contributed by atoms with Gasteiger partial charge in [-0.2, -0.15) is 0 Å². The monoisotopic (exact) mass is 295 g/mol. The number of carbonyl (C=O) groups is 2. The van der Waals surface area contributed by atoms with E-state index in [1.807, 2.05) is 31.2 Å². The van der Waals surface area contributed by atoms with E-state index >= 15 is 0 Å². The third-order valence-corrected chi connectivity index (χ3v) is 3.76. The quantitative estimate of drug-likeness (QED) is 0.636. The van der Waals surface area contributed by atoms with Gasteiger partial charge in [0.1, 0.15) is 0 Å². The van der Waals surface area contributed by atoms with Gasteiger partial charge < -0.3 is 16.8 Å². The molecule has 20 heavy (non-hydrogen) atoms. The summed E-state index contributed by atoms with van der Waals surface area (Å²) in [7, 11) is 0. The number of thioether (sulfide) groups is 1. The Morgan fingerprint density at radius 2 is 2.05 bits per heavy atom. The molecular formula is C14H21N3O2S. The summed E-state index contributed by atoms with van der Waals surface area (Å²) >= 11 is 1.49. The number of amides is 2. The Bertz CT molecular complexity index is 465. The van der Waals surface area contributed by atoms with Crippen LogP contribution in [-0.2, 0) is 9.59 Å². The molecule has 0 fully saturated rings. The summed E-state index contributed by atoms with van der Waals surface area (Å²) in [5.41, 5.74) is 11.6. The van der Waals surface area contributed by atoms with Gasteiger partial charge in [-0.1, -0.05) is 25.5 Å². The summed E-state index contributed by atoms with van der Waals surface area (Å²) in [5.74, 6) is 0.0715. The SMILES string of the molecule is CCCC(N)C(=O)Nc1ccccc1SCCC(N)=O. The second-order valence-corrected chi connectivity index (χ2v) is 5.58. The van der Waals surface area contributed by atoms with Crippen molar-refractivity contribution < 1.29 is 9.59 Å². The van der Waals surface area contributed by atoms with Crippen molar-refractivity contribution in [2.45, 2.75) is 37.1 Å². The molecule has 0 aromatic heterocycles. The van der Waals surface area contributed by atoms with Crippen LogP contribution in [0.1, 0.15) is 26.2 Å². The second kappa shape index (κ2) is 8.60. The predicted octanol–water partition coefficient (Wildman–Crippen LogP) is 1.72. The van der Waals surface area contributed by atoms with Crippen LogP contribution in [0, 0.1) is 0 Å². The summed E-state index contributed by atoms with van der Waals surface area (Å²) in [4.78, 5) is 23.6. The van der Waals surface area contributed by atoms with E-state index in [4.69, 9.17) is 11.5 Å². The van der Waals surface area contributed by atoms with Gasteiger partial charge in [0.2, 0.25) is 11.8 Å². The summed E-state index contributed by atoms with van der Waals surface area (Å²) in [6, 6.07) is 6.95. The number of rotatable bonds is 8. The van der Waals surface area contributed by atoms with Crippen LogP contribution in [0.15, 0.2) is 29.2 Å². The summed E-state index contributed by atoms with van der Waals surface area (Å²) in [6.07, 6.45) is 1.83. The number of primary amides is 1. The first-order valence-corrected chi connectivity index (χ1v) is 7.59. The Morgan fingerprint density at radius 1 is 1.35 bits per heavy atom. The average Bonchev–Trinajstić information content (AvgIpc) is 2.40. The zero-order chi connectivity index (χ0) is 15.0. The van der Waals surface area contributed by atoms with Gasteiger partial charge in [0.05, 0.1) is 11.7 Å². The molecule has 5 nitrogen and oxygen atoms in total. The highest BCUT2D eigenvalue weighted by atomic mass is 32.2. The molecule has 2 amide bonds. The van der Waals surface area contributed by atoms with Crippen LogP contribution in [0.4, 0.5) is 5.69 Å². The number of benzene rings is 1. The highest BCUT2D eigenvalue weighted by Gasteiger charge is 2.14. The van der Waals surface area contributed by atoms with E-state index in [0.717, 1.165) is 17.0 Å². The largest absolute Gasteiger partial charge is 0.370 e. The molecule has 1 aromatic rings. The minimum absolute atomic E-state index is 0.185. The lowest BCUT2D eigenvalue weighted by Crippen LogP contribution is -2.35. The van der Waals surface area contributed by atoms with Crippen molar-refractivity contribution in [2.75, 3.05) is 11.1 Å². The van der Waals surface area contributed by atoms with Gasteiger partial charge in [0.15, 0.2) is 0 Å². The molecule has 1 aromatic carbocycles. The van der Waals surface area contributed by atoms with Crippen molar-refractivity contribution in [3.05, 3.63) is 24.3 Å². The van der Waals surface area contributed by atoms with E-state index in [-0.39, 0.29) is 11.8 Å². The predicted molar refractivity (Wildman–Crippen MR) is 82.5 cm³/mol. The van der Waals surface area contributed by atoms with Crippen LogP contribution < -0.4 is 16.8 Å². The molecule has 0 heterocycles. The Labute approximate surface area is 123 Å². The molecule has 6 heteroatoms. The number of anilines is 1. The van der Waals surface area contributed by atoms with Crippen LogP contribution in [0.5, 0.6) is 0 Å². The number of carbonyl (C=O) groups excluding carboxylic acids is 2. The van der Waals surface area contributed by atoms with Crippen LogP contribution in [-0.4, -0.2) is 23.6 Å².